The van der Waals surface area contributed by atoms with Crippen LogP contribution in [0, 0.1) is 4.91 Å². The molecule has 0 atom stereocenters. The second-order valence-corrected chi connectivity index (χ2v) is 1.57. The maximum Gasteiger partial charge on any atom is 0.157 e. The fraction of sp³-hybridized carbons (Fsp3) is 0.500. The molecule has 0 N–H and O–H groups in total. The third kappa shape index (κ3) is 4.87. The molecule has 0 saturated carbocycles. The molecule has 0 aromatic carbocycles. The van der Waals surface area contributed by atoms with Crippen LogP contribution in [0.5, 0.6) is 0 Å². The molecule has 0 aromatic heterocycles. The van der Waals surface area contributed by atoms with Gasteiger partial charge in [-0.15, -0.1) is 0 Å². The molecular formula is C6H9NO2. The van der Waals surface area contributed by atoms with E-state index in [0.29, 0.717) is 0 Å². The number of ketones is 1. The summed E-state index contributed by atoms with van der Waals surface area (Å²) >= 11 is 0. The van der Waals surface area contributed by atoms with Gasteiger partial charge in [-0.1, -0.05) is 11.3 Å². The van der Waals surface area contributed by atoms with Crippen molar-refractivity contribution in [2.75, 3.05) is 6.54 Å². The van der Waals surface area contributed by atoms with Gasteiger partial charge in [0, 0.05) is 6.42 Å². The number of rotatable bonds is 4. The van der Waals surface area contributed by atoms with Gasteiger partial charge >= 0.3 is 0 Å². The van der Waals surface area contributed by atoms with E-state index in [1.54, 1.807) is 13.0 Å². The summed E-state index contributed by atoms with van der Waals surface area (Å²) in [7, 11) is 0. The molecule has 0 rings (SSSR count). The molecule has 0 heterocycles. The fourth-order valence-corrected chi connectivity index (χ4v) is 0.425. The van der Waals surface area contributed by atoms with E-state index in [-0.39, 0.29) is 18.7 Å². The normalized spacial score (nSPS) is 9.89. The van der Waals surface area contributed by atoms with Gasteiger partial charge in [-0.05, 0) is 13.0 Å². The Morgan fingerprint density at radius 3 is 2.78 bits per heavy atom. The lowest BCUT2D eigenvalue weighted by Crippen LogP contribution is -1.93. The number of nitrogens with zero attached hydrogens (tertiary/aromatic N) is 1. The Balaban J connectivity index is 3.38. The summed E-state index contributed by atoms with van der Waals surface area (Å²) in [5.41, 5.74) is 0. The maximum atomic E-state index is 10.5. The minimum Gasteiger partial charge on any atom is -0.295 e. The van der Waals surface area contributed by atoms with Gasteiger partial charge in [-0.3, -0.25) is 4.79 Å². The summed E-state index contributed by atoms with van der Waals surface area (Å²) in [6.07, 6.45) is 3.31. The lowest BCUT2D eigenvalue weighted by molar-refractivity contribution is -0.114. The van der Waals surface area contributed by atoms with E-state index in [1.807, 2.05) is 0 Å². The van der Waals surface area contributed by atoms with Crippen molar-refractivity contribution in [3.63, 3.8) is 0 Å². The molecule has 0 unspecified atom stereocenters. The molecule has 0 fully saturated rings. The number of carbonyl (C=O) groups is 1. The third-order valence-electron chi connectivity index (χ3n) is 0.802. The summed E-state index contributed by atoms with van der Waals surface area (Å²) < 4.78 is 0. The molecule has 0 radical (unpaired) electrons. The highest BCUT2D eigenvalue weighted by atomic mass is 16.3. The SMILES string of the molecule is CC=CC(=O)CCN=O. The van der Waals surface area contributed by atoms with E-state index in [1.165, 1.54) is 6.08 Å². The predicted molar refractivity (Wildman–Crippen MR) is 35.1 cm³/mol. The lowest BCUT2D eigenvalue weighted by Gasteiger charge is -1.83. The highest BCUT2D eigenvalue weighted by molar-refractivity contribution is 5.89. The van der Waals surface area contributed by atoms with E-state index in [0.717, 1.165) is 0 Å². The standard InChI is InChI=1S/C6H9NO2/c1-2-3-6(8)4-5-7-9/h2-3H,4-5H2,1H3. The predicted octanol–water partition coefficient (Wildman–Crippen LogP) is 1.29. The molecule has 0 spiro atoms. The van der Waals surface area contributed by atoms with Crippen molar-refractivity contribution >= 4 is 5.78 Å². The van der Waals surface area contributed by atoms with Gasteiger partial charge in [0.15, 0.2) is 5.78 Å². The third-order valence-corrected chi connectivity index (χ3v) is 0.802. The Labute approximate surface area is 53.7 Å². The van der Waals surface area contributed by atoms with E-state index in [4.69, 9.17) is 0 Å². The molecule has 0 aliphatic heterocycles. The van der Waals surface area contributed by atoms with Gasteiger partial charge in [0.05, 0.1) is 6.54 Å². The number of allylic oxidation sites excluding steroid dienone is 2. The summed E-state index contributed by atoms with van der Waals surface area (Å²) in [6, 6.07) is 0. The van der Waals surface area contributed by atoms with Crippen molar-refractivity contribution in [1.29, 1.82) is 0 Å². The number of hydrogen-bond acceptors (Lipinski definition) is 3. The van der Waals surface area contributed by atoms with E-state index in [9.17, 15) is 9.70 Å². The van der Waals surface area contributed by atoms with Crippen LogP contribution in [0.1, 0.15) is 13.3 Å². The molecule has 0 saturated heterocycles. The Morgan fingerprint density at radius 1 is 1.67 bits per heavy atom. The van der Waals surface area contributed by atoms with Crippen LogP contribution in [0.25, 0.3) is 0 Å². The Morgan fingerprint density at radius 2 is 2.33 bits per heavy atom. The minimum atomic E-state index is -0.0444. The Hall–Kier alpha value is -0.990. The summed E-state index contributed by atoms with van der Waals surface area (Å²) in [4.78, 5) is 20.0. The average Bonchev–Trinajstić information content (AvgIpc) is 1.85. The number of carbonyl (C=O) groups excluding carboxylic acids is 1. The summed E-state index contributed by atoms with van der Waals surface area (Å²) in [6.45, 7) is 1.84. The van der Waals surface area contributed by atoms with E-state index in [2.05, 4.69) is 5.18 Å². The van der Waals surface area contributed by atoms with Crippen LogP contribution in [0.4, 0.5) is 0 Å². The second-order valence-electron chi connectivity index (χ2n) is 1.57. The monoisotopic (exact) mass is 127 g/mol. The van der Waals surface area contributed by atoms with Gasteiger partial charge < -0.3 is 0 Å². The van der Waals surface area contributed by atoms with Crippen molar-refractivity contribution in [3.8, 4) is 0 Å². The summed E-state index contributed by atoms with van der Waals surface area (Å²) in [5.74, 6) is -0.0444. The Kier molecular flexibility index (Phi) is 4.59. The van der Waals surface area contributed by atoms with Crippen molar-refractivity contribution in [2.45, 2.75) is 13.3 Å². The largest absolute Gasteiger partial charge is 0.295 e. The molecule has 0 aliphatic rings. The highest BCUT2D eigenvalue weighted by Gasteiger charge is 1.92. The average molecular weight is 127 g/mol. The van der Waals surface area contributed by atoms with E-state index < -0.39 is 0 Å². The van der Waals surface area contributed by atoms with Crippen molar-refractivity contribution < 1.29 is 4.79 Å². The molecule has 0 amide bonds. The molecule has 50 valence electrons. The zero-order valence-corrected chi connectivity index (χ0v) is 5.33. The van der Waals surface area contributed by atoms with Crippen LogP contribution in [0.15, 0.2) is 17.3 Å². The molecular weight excluding hydrogens is 118 g/mol. The maximum absolute atomic E-state index is 10.5. The first kappa shape index (κ1) is 8.01. The van der Waals surface area contributed by atoms with Crippen LogP contribution in [-0.2, 0) is 4.79 Å². The second kappa shape index (κ2) is 5.15. The van der Waals surface area contributed by atoms with Gasteiger partial charge in [-0.25, -0.2) is 0 Å². The smallest absolute Gasteiger partial charge is 0.157 e. The zero-order chi connectivity index (χ0) is 7.11. The molecule has 3 heteroatoms. The van der Waals surface area contributed by atoms with Gasteiger partial charge in [-0.2, -0.15) is 4.91 Å². The first-order valence-corrected chi connectivity index (χ1v) is 2.76. The van der Waals surface area contributed by atoms with Gasteiger partial charge in [0.2, 0.25) is 0 Å². The number of nitroso groups, excluding NO2 is 1. The molecule has 0 bridgehead atoms. The fourth-order valence-electron chi connectivity index (χ4n) is 0.425. The van der Waals surface area contributed by atoms with Gasteiger partial charge in [0.1, 0.15) is 0 Å². The van der Waals surface area contributed by atoms with E-state index >= 15 is 0 Å². The van der Waals surface area contributed by atoms with Crippen LogP contribution < -0.4 is 0 Å². The molecule has 0 aliphatic carbocycles. The van der Waals surface area contributed by atoms with Crippen LogP contribution in [0.2, 0.25) is 0 Å². The topological polar surface area (TPSA) is 46.5 Å². The molecule has 3 nitrogen and oxygen atoms in total. The van der Waals surface area contributed by atoms with Gasteiger partial charge in [0.25, 0.3) is 0 Å². The minimum absolute atomic E-state index is 0.0444. The Bertz CT molecular complexity index is 129. The summed E-state index contributed by atoms with van der Waals surface area (Å²) in [5, 5.41) is 2.55. The van der Waals surface area contributed by atoms with Crippen LogP contribution in [0.3, 0.4) is 0 Å². The first-order chi connectivity index (χ1) is 4.31. The zero-order valence-electron chi connectivity index (χ0n) is 5.33. The van der Waals surface area contributed by atoms with Crippen LogP contribution in [-0.4, -0.2) is 12.3 Å². The molecule has 0 aromatic rings. The number of hydrogen-bond donors (Lipinski definition) is 0. The van der Waals surface area contributed by atoms with Crippen molar-refractivity contribution in [3.05, 3.63) is 17.1 Å². The lowest BCUT2D eigenvalue weighted by atomic mass is 10.3. The first-order valence-electron chi connectivity index (χ1n) is 2.76. The van der Waals surface area contributed by atoms with Crippen molar-refractivity contribution in [1.82, 2.24) is 0 Å². The quantitative estimate of drug-likeness (QED) is 0.422. The van der Waals surface area contributed by atoms with Crippen molar-refractivity contribution in [2.24, 2.45) is 5.18 Å². The molecule has 9 heavy (non-hydrogen) atoms. The highest BCUT2D eigenvalue weighted by Crippen LogP contribution is 1.85. The van der Waals surface area contributed by atoms with Crippen LogP contribution >= 0.6 is 0 Å².